The fourth-order valence-corrected chi connectivity index (χ4v) is 4.00. The Balaban J connectivity index is 1.80. The van der Waals surface area contributed by atoms with Crippen molar-refractivity contribution in [3.05, 3.63) is 41.3 Å². The van der Waals surface area contributed by atoms with E-state index >= 15 is 0 Å². The Morgan fingerprint density at radius 1 is 1.41 bits per heavy atom. The number of piperidine rings is 1. The number of carbonyl (C=O) groups is 1. The highest BCUT2D eigenvalue weighted by atomic mass is 16.4. The molecule has 2 heterocycles. The maximum absolute atomic E-state index is 11.9. The molecule has 1 fully saturated rings. The average molecular weight is 372 g/mol. The lowest BCUT2D eigenvalue weighted by Gasteiger charge is -2.43. The smallest absolute Gasteiger partial charge is 0.313 e. The van der Waals surface area contributed by atoms with Crippen LogP contribution in [0.3, 0.4) is 0 Å². The highest BCUT2D eigenvalue weighted by Gasteiger charge is 2.48. The zero-order valence-electron chi connectivity index (χ0n) is 16.2. The largest absolute Gasteiger partial charge is 0.481 e. The highest BCUT2D eigenvalue weighted by molar-refractivity contribution is 5.76. The Bertz CT molecular complexity index is 816. The second kappa shape index (κ2) is 7.82. The van der Waals surface area contributed by atoms with Crippen LogP contribution in [0.5, 0.6) is 0 Å². The summed E-state index contributed by atoms with van der Waals surface area (Å²) in [6.45, 7) is 7.35. The standard InChI is InChI=1S/C21H28N2O4/c1-4-9-21(20(25)26)13-23(10-8-18(21)24)12-17-15(3)27-19(22-17)16-7-5-6-14(2)11-16/h5-7,11,18,24H,4,8-10,12-13H2,1-3H3,(H,25,26)/t18-,21+/m0/s1. The minimum Gasteiger partial charge on any atom is -0.481 e. The number of oxazole rings is 1. The number of benzene rings is 1. The molecule has 0 amide bonds. The van der Waals surface area contributed by atoms with Crippen LogP contribution in [0.15, 0.2) is 28.7 Å². The van der Waals surface area contributed by atoms with Crippen molar-refractivity contribution < 1.29 is 19.4 Å². The van der Waals surface area contributed by atoms with Crippen LogP contribution >= 0.6 is 0 Å². The number of carboxylic acids is 1. The zero-order valence-corrected chi connectivity index (χ0v) is 16.2. The van der Waals surface area contributed by atoms with Gasteiger partial charge in [-0.3, -0.25) is 9.69 Å². The van der Waals surface area contributed by atoms with E-state index in [4.69, 9.17) is 4.42 Å². The number of rotatable bonds is 6. The molecule has 1 saturated heterocycles. The average Bonchev–Trinajstić information content (AvgIpc) is 2.98. The first-order chi connectivity index (χ1) is 12.9. The van der Waals surface area contributed by atoms with E-state index in [1.807, 2.05) is 45.0 Å². The zero-order chi connectivity index (χ0) is 19.6. The van der Waals surface area contributed by atoms with E-state index in [9.17, 15) is 15.0 Å². The summed E-state index contributed by atoms with van der Waals surface area (Å²) in [6, 6.07) is 8.00. The molecule has 2 atom stereocenters. The van der Waals surface area contributed by atoms with Gasteiger partial charge < -0.3 is 14.6 Å². The molecule has 2 aromatic rings. The number of aliphatic carboxylic acids is 1. The quantitative estimate of drug-likeness (QED) is 0.808. The summed E-state index contributed by atoms with van der Waals surface area (Å²) in [4.78, 5) is 18.7. The maximum Gasteiger partial charge on any atom is 0.313 e. The molecule has 6 heteroatoms. The summed E-state index contributed by atoms with van der Waals surface area (Å²) in [5.41, 5.74) is 1.79. The van der Waals surface area contributed by atoms with Crippen LogP contribution in [0.25, 0.3) is 11.5 Å². The number of aliphatic hydroxyl groups is 1. The molecule has 1 aliphatic rings. The second-order valence-electron chi connectivity index (χ2n) is 7.62. The predicted octanol–water partition coefficient (Wildman–Crippen LogP) is 3.40. The van der Waals surface area contributed by atoms with Crippen LogP contribution in [-0.2, 0) is 11.3 Å². The first-order valence-corrected chi connectivity index (χ1v) is 9.53. The molecule has 0 saturated carbocycles. The van der Waals surface area contributed by atoms with E-state index in [0.29, 0.717) is 38.4 Å². The van der Waals surface area contributed by atoms with Crippen LogP contribution in [-0.4, -0.2) is 45.3 Å². The summed E-state index contributed by atoms with van der Waals surface area (Å²) < 4.78 is 5.86. The van der Waals surface area contributed by atoms with E-state index in [1.165, 1.54) is 0 Å². The molecule has 0 aliphatic carbocycles. The number of aliphatic hydroxyl groups excluding tert-OH is 1. The van der Waals surface area contributed by atoms with Crippen LogP contribution in [0.2, 0.25) is 0 Å². The van der Waals surface area contributed by atoms with Crippen molar-refractivity contribution in [2.24, 2.45) is 5.41 Å². The number of likely N-dealkylation sites (tertiary alicyclic amines) is 1. The van der Waals surface area contributed by atoms with Gasteiger partial charge in [0.1, 0.15) is 11.2 Å². The normalized spacial score (nSPS) is 23.5. The summed E-state index contributed by atoms with van der Waals surface area (Å²) in [5, 5.41) is 20.2. The first kappa shape index (κ1) is 19.6. The van der Waals surface area contributed by atoms with Gasteiger partial charge in [-0.25, -0.2) is 4.98 Å². The van der Waals surface area contributed by atoms with Crippen molar-refractivity contribution >= 4 is 5.97 Å². The van der Waals surface area contributed by atoms with Crippen LogP contribution in [0, 0.1) is 19.3 Å². The third kappa shape index (κ3) is 3.92. The fraction of sp³-hybridized carbons (Fsp3) is 0.524. The lowest BCUT2D eigenvalue weighted by atomic mass is 9.74. The Morgan fingerprint density at radius 2 is 2.19 bits per heavy atom. The number of carboxylic acid groups (broad SMARTS) is 1. The summed E-state index contributed by atoms with van der Waals surface area (Å²) in [6.07, 6.45) is 0.824. The molecule has 0 unspecified atom stereocenters. The van der Waals surface area contributed by atoms with Crippen molar-refractivity contribution in [3.8, 4) is 11.5 Å². The van der Waals surface area contributed by atoms with Gasteiger partial charge in [-0.05, 0) is 38.8 Å². The Kier molecular flexibility index (Phi) is 5.67. The van der Waals surface area contributed by atoms with Crippen molar-refractivity contribution in [2.75, 3.05) is 13.1 Å². The summed E-state index contributed by atoms with van der Waals surface area (Å²) in [5.74, 6) is 0.411. The topological polar surface area (TPSA) is 86.8 Å². The third-order valence-corrected chi connectivity index (χ3v) is 5.52. The lowest BCUT2D eigenvalue weighted by Crippen LogP contribution is -2.55. The van der Waals surface area contributed by atoms with E-state index in [1.54, 1.807) is 0 Å². The molecule has 146 valence electrons. The summed E-state index contributed by atoms with van der Waals surface area (Å²) >= 11 is 0. The first-order valence-electron chi connectivity index (χ1n) is 9.53. The number of hydrogen-bond donors (Lipinski definition) is 2. The van der Waals surface area contributed by atoms with Gasteiger partial charge in [-0.15, -0.1) is 0 Å². The minimum atomic E-state index is -1.11. The molecule has 2 N–H and O–H groups in total. The van der Waals surface area contributed by atoms with Crippen LogP contribution < -0.4 is 0 Å². The molecule has 3 rings (SSSR count). The molecule has 0 bridgehead atoms. The molecule has 1 aromatic carbocycles. The summed E-state index contributed by atoms with van der Waals surface area (Å²) in [7, 11) is 0. The van der Waals surface area contributed by atoms with Gasteiger partial charge >= 0.3 is 5.97 Å². The van der Waals surface area contributed by atoms with E-state index < -0.39 is 17.5 Å². The Hall–Kier alpha value is -2.18. The predicted molar refractivity (Wildman–Crippen MR) is 102 cm³/mol. The third-order valence-electron chi connectivity index (χ3n) is 5.52. The molecule has 0 radical (unpaired) electrons. The fourth-order valence-electron chi connectivity index (χ4n) is 4.00. The molecule has 0 spiro atoms. The van der Waals surface area contributed by atoms with Crippen molar-refractivity contribution in [1.29, 1.82) is 0 Å². The number of nitrogens with zero attached hydrogens (tertiary/aromatic N) is 2. The Morgan fingerprint density at radius 3 is 2.85 bits per heavy atom. The molecule has 6 nitrogen and oxygen atoms in total. The van der Waals surface area contributed by atoms with Gasteiger partial charge in [-0.2, -0.15) is 0 Å². The molecule has 27 heavy (non-hydrogen) atoms. The van der Waals surface area contributed by atoms with E-state index in [-0.39, 0.29) is 0 Å². The van der Waals surface area contributed by atoms with E-state index in [2.05, 4.69) is 9.88 Å². The van der Waals surface area contributed by atoms with Crippen molar-refractivity contribution in [2.45, 2.75) is 52.7 Å². The van der Waals surface area contributed by atoms with Crippen LogP contribution in [0.4, 0.5) is 0 Å². The lowest BCUT2D eigenvalue weighted by molar-refractivity contribution is -0.164. The van der Waals surface area contributed by atoms with Gasteiger partial charge in [0.15, 0.2) is 0 Å². The van der Waals surface area contributed by atoms with Gasteiger partial charge in [0.2, 0.25) is 5.89 Å². The molecule has 1 aromatic heterocycles. The van der Waals surface area contributed by atoms with Gasteiger partial charge in [0.25, 0.3) is 0 Å². The minimum absolute atomic E-state index is 0.323. The van der Waals surface area contributed by atoms with Crippen LogP contribution in [0.1, 0.15) is 43.2 Å². The Labute approximate surface area is 159 Å². The van der Waals surface area contributed by atoms with E-state index in [0.717, 1.165) is 29.0 Å². The monoisotopic (exact) mass is 372 g/mol. The number of aryl methyl sites for hydroxylation is 2. The molecular formula is C21H28N2O4. The van der Waals surface area contributed by atoms with Gasteiger partial charge in [0.05, 0.1) is 11.8 Å². The van der Waals surface area contributed by atoms with Gasteiger partial charge in [0, 0.05) is 25.2 Å². The number of aromatic nitrogens is 1. The van der Waals surface area contributed by atoms with Gasteiger partial charge in [-0.1, -0.05) is 31.0 Å². The van der Waals surface area contributed by atoms with Crippen molar-refractivity contribution in [3.63, 3.8) is 0 Å². The van der Waals surface area contributed by atoms with Crippen molar-refractivity contribution in [1.82, 2.24) is 9.88 Å². The second-order valence-corrected chi connectivity index (χ2v) is 7.62. The highest BCUT2D eigenvalue weighted by Crippen LogP contribution is 2.36. The maximum atomic E-state index is 11.9. The molecular weight excluding hydrogens is 344 g/mol. The SMILES string of the molecule is CCC[C@@]1(C(=O)O)CN(Cc2nc(-c3cccc(C)c3)oc2C)CC[C@@H]1O. The molecule has 1 aliphatic heterocycles. The number of hydrogen-bond acceptors (Lipinski definition) is 5.